The van der Waals surface area contributed by atoms with Crippen LogP contribution >= 0.6 is 0 Å². The van der Waals surface area contributed by atoms with Gasteiger partial charge in [0.2, 0.25) is 0 Å². The Balaban J connectivity index is 1.49. The first kappa shape index (κ1) is 16.0. The van der Waals surface area contributed by atoms with E-state index in [1.54, 1.807) is 41.5 Å². The van der Waals surface area contributed by atoms with Crippen LogP contribution in [0.1, 0.15) is 5.56 Å². The molecular weight excluding hydrogens is 333 g/mol. The van der Waals surface area contributed by atoms with Crippen LogP contribution in [0.15, 0.2) is 61.2 Å². The van der Waals surface area contributed by atoms with Crippen molar-refractivity contribution in [2.45, 2.75) is 6.54 Å². The van der Waals surface area contributed by atoms with Crippen LogP contribution in [0.25, 0.3) is 11.0 Å². The fourth-order valence-electron chi connectivity index (χ4n) is 2.67. The molecule has 0 spiro atoms. The van der Waals surface area contributed by atoms with Gasteiger partial charge >= 0.3 is 0 Å². The average molecular weight is 349 g/mol. The zero-order valence-corrected chi connectivity index (χ0v) is 14.1. The Morgan fingerprint density at radius 3 is 2.88 bits per heavy atom. The number of aromatic nitrogens is 4. The second kappa shape index (κ2) is 6.79. The molecule has 0 aliphatic carbocycles. The van der Waals surface area contributed by atoms with Crippen molar-refractivity contribution in [3.05, 3.63) is 72.6 Å². The van der Waals surface area contributed by atoms with Gasteiger partial charge < -0.3 is 10.1 Å². The van der Waals surface area contributed by atoms with Crippen molar-refractivity contribution in [2.24, 2.45) is 7.05 Å². The van der Waals surface area contributed by atoms with E-state index >= 15 is 0 Å². The van der Waals surface area contributed by atoms with Crippen LogP contribution in [0.5, 0.6) is 11.5 Å². The number of nitrogens with one attached hydrogen (secondary N) is 1. The molecule has 3 aromatic heterocycles. The van der Waals surface area contributed by atoms with Crippen molar-refractivity contribution >= 4 is 16.7 Å². The van der Waals surface area contributed by atoms with Crippen LogP contribution in [-0.4, -0.2) is 19.7 Å². The zero-order valence-electron chi connectivity index (χ0n) is 14.1. The SMILES string of the molecule is Cn1ncc2c(NCc3ccc(Oc4cccnc4)c(F)c3)ccnc21. The molecule has 4 rings (SSSR count). The van der Waals surface area contributed by atoms with Crippen LogP contribution < -0.4 is 10.1 Å². The van der Waals surface area contributed by atoms with E-state index < -0.39 is 5.82 Å². The molecule has 0 fully saturated rings. The van der Waals surface area contributed by atoms with Gasteiger partial charge in [-0.2, -0.15) is 5.10 Å². The Hall–Kier alpha value is -3.48. The molecule has 0 radical (unpaired) electrons. The minimum absolute atomic E-state index is 0.167. The normalized spacial score (nSPS) is 10.8. The van der Waals surface area contributed by atoms with E-state index in [1.807, 2.05) is 19.2 Å². The summed E-state index contributed by atoms with van der Waals surface area (Å²) in [7, 11) is 1.84. The highest BCUT2D eigenvalue weighted by molar-refractivity contribution is 5.88. The predicted octanol–water partition coefficient (Wildman–Crippen LogP) is 3.91. The van der Waals surface area contributed by atoms with Crippen LogP contribution in [0.3, 0.4) is 0 Å². The summed E-state index contributed by atoms with van der Waals surface area (Å²) in [5.41, 5.74) is 2.50. The lowest BCUT2D eigenvalue weighted by molar-refractivity contribution is 0.440. The molecule has 0 saturated heterocycles. The lowest BCUT2D eigenvalue weighted by atomic mass is 10.2. The molecule has 0 saturated carbocycles. The Morgan fingerprint density at radius 1 is 1.15 bits per heavy atom. The molecule has 0 aliphatic rings. The molecule has 0 unspecified atom stereocenters. The van der Waals surface area contributed by atoms with Crippen molar-refractivity contribution < 1.29 is 9.13 Å². The standard InChI is InChI=1S/C19H16FN5O/c1-25-19-15(12-24-25)17(6-8-22-19)23-10-13-4-5-18(16(20)9-13)26-14-3-2-7-21-11-14/h2-9,11-12H,10H2,1H3,(H,22,23). The van der Waals surface area contributed by atoms with E-state index in [9.17, 15) is 4.39 Å². The Labute approximate surface area is 149 Å². The summed E-state index contributed by atoms with van der Waals surface area (Å²) < 4.78 is 21.5. The average Bonchev–Trinajstić information content (AvgIpc) is 3.05. The second-order valence-electron chi connectivity index (χ2n) is 5.77. The highest BCUT2D eigenvalue weighted by Gasteiger charge is 2.08. The molecule has 6 nitrogen and oxygen atoms in total. The summed E-state index contributed by atoms with van der Waals surface area (Å²) >= 11 is 0. The fraction of sp³-hybridized carbons (Fsp3) is 0.105. The third-order valence-electron chi connectivity index (χ3n) is 3.98. The number of anilines is 1. The maximum Gasteiger partial charge on any atom is 0.166 e. The number of hydrogen-bond donors (Lipinski definition) is 1. The lowest BCUT2D eigenvalue weighted by Gasteiger charge is -2.10. The van der Waals surface area contributed by atoms with Gasteiger partial charge in [-0.1, -0.05) is 6.07 Å². The van der Waals surface area contributed by atoms with E-state index in [2.05, 4.69) is 20.4 Å². The number of fused-ring (bicyclic) bond motifs is 1. The van der Waals surface area contributed by atoms with Crippen LogP contribution in [-0.2, 0) is 13.6 Å². The molecule has 0 aliphatic heterocycles. The minimum Gasteiger partial charge on any atom is -0.453 e. The number of hydrogen-bond acceptors (Lipinski definition) is 5. The zero-order chi connectivity index (χ0) is 17.9. The van der Waals surface area contributed by atoms with Crippen molar-refractivity contribution in [1.29, 1.82) is 0 Å². The van der Waals surface area contributed by atoms with Crippen molar-refractivity contribution in [2.75, 3.05) is 5.32 Å². The lowest BCUT2D eigenvalue weighted by Crippen LogP contribution is -2.01. The molecule has 3 heterocycles. The van der Waals surface area contributed by atoms with Crippen LogP contribution in [0.2, 0.25) is 0 Å². The quantitative estimate of drug-likeness (QED) is 0.592. The van der Waals surface area contributed by atoms with Crippen LogP contribution in [0.4, 0.5) is 10.1 Å². The molecule has 0 bridgehead atoms. The summed E-state index contributed by atoms with van der Waals surface area (Å²) in [4.78, 5) is 8.25. The number of ether oxygens (including phenoxy) is 1. The van der Waals surface area contributed by atoms with Gasteiger partial charge in [0.1, 0.15) is 5.75 Å². The van der Waals surface area contributed by atoms with Gasteiger partial charge in [-0.15, -0.1) is 0 Å². The van der Waals surface area contributed by atoms with Gasteiger partial charge in [0.05, 0.1) is 17.8 Å². The number of aryl methyl sites for hydroxylation is 1. The topological polar surface area (TPSA) is 64.9 Å². The minimum atomic E-state index is -0.422. The van der Waals surface area contributed by atoms with E-state index in [-0.39, 0.29) is 5.75 Å². The van der Waals surface area contributed by atoms with E-state index in [0.717, 1.165) is 22.3 Å². The van der Waals surface area contributed by atoms with E-state index in [0.29, 0.717) is 12.3 Å². The summed E-state index contributed by atoms with van der Waals surface area (Å²) in [6, 6.07) is 10.2. The Kier molecular flexibility index (Phi) is 4.18. The third-order valence-corrected chi connectivity index (χ3v) is 3.98. The molecule has 1 aromatic carbocycles. The summed E-state index contributed by atoms with van der Waals surface area (Å²) in [5, 5.41) is 8.44. The first-order valence-corrected chi connectivity index (χ1v) is 8.07. The first-order chi connectivity index (χ1) is 12.7. The number of halogens is 1. The van der Waals surface area contributed by atoms with Crippen molar-refractivity contribution in [3.63, 3.8) is 0 Å². The van der Waals surface area contributed by atoms with Crippen molar-refractivity contribution in [1.82, 2.24) is 19.7 Å². The predicted molar refractivity (Wildman–Crippen MR) is 96.5 cm³/mol. The van der Waals surface area contributed by atoms with Gasteiger partial charge in [0.25, 0.3) is 0 Å². The maximum absolute atomic E-state index is 14.3. The highest BCUT2D eigenvalue weighted by Crippen LogP contribution is 2.25. The van der Waals surface area contributed by atoms with E-state index in [1.165, 1.54) is 12.3 Å². The Morgan fingerprint density at radius 2 is 2.08 bits per heavy atom. The van der Waals surface area contributed by atoms with Crippen molar-refractivity contribution in [3.8, 4) is 11.5 Å². The number of benzene rings is 1. The van der Waals surface area contributed by atoms with Gasteiger partial charge in [-0.25, -0.2) is 9.37 Å². The molecular formula is C19H16FN5O. The molecule has 26 heavy (non-hydrogen) atoms. The number of nitrogens with zero attached hydrogens (tertiary/aromatic N) is 4. The summed E-state index contributed by atoms with van der Waals surface area (Å²) in [5.74, 6) is 0.239. The van der Waals surface area contributed by atoms with Gasteiger partial charge in [-0.3, -0.25) is 9.67 Å². The molecule has 7 heteroatoms. The molecule has 0 amide bonds. The van der Waals surface area contributed by atoms with Gasteiger partial charge in [-0.05, 0) is 35.9 Å². The smallest absolute Gasteiger partial charge is 0.166 e. The fourth-order valence-corrected chi connectivity index (χ4v) is 2.67. The third kappa shape index (κ3) is 3.19. The summed E-state index contributed by atoms with van der Waals surface area (Å²) in [6.45, 7) is 0.470. The first-order valence-electron chi connectivity index (χ1n) is 8.07. The molecule has 130 valence electrons. The monoisotopic (exact) mass is 349 g/mol. The molecule has 4 aromatic rings. The molecule has 1 N–H and O–H groups in total. The van der Waals surface area contributed by atoms with E-state index in [4.69, 9.17) is 4.74 Å². The summed E-state index contributed by atoms with van der Waals surface area (Å²) in [6.07, 6.45) is 6.65. The van der Waals surface area contributed by atoms with Crippen LogP contribution in [0, 0.1) is 5.82 Å². The number of rotatable bonds is 5. The maximum atomic E-state index is 14.3. The number of pyridine rings is 2. The second-order valence-corrected chi connectivity index (χ2v) is 5.77. The van der Waals surface area contributed by atoms with Gasteiger partial charge in [0.15, 0.2) is 17.2 Å². The largest absolute Gasteiger partial charge is 0.453 e. The van der Waals surface area contributed by atoms with Gasteiger partial charge in [0, 0.05) is 31.7 Å². The Bertz CT molecular complexity index is 1050. The molecule has 0 atom stereocenters. The highest BCUT2D eigenvalue weighted by atomic mass is 19.1.